The van der Waals surface area contributed by atoms with Crippen molar-refractivity contribution in [3.63, 3.8) is 0 Å². The molecule has 0 spiro atoms. The van der Waals surface area contributed by atoms with Crippen LogP contribution in [0.3, 0.4) is 0 Å². The van der Waals surface area contributed by atoms with Crippen LogP contribution < -0.4 is 5.73 Å². The van der Waals surface area contributed by atoms with Crippen molar-refractivity contribution in [1.29, 1.82) is 0 Å². The summed E-state index contributed by atoms with van der Waals surface area (Å²) < 4.78 is 4.43. The van der Waals surface area contributed by atoms with Gasteiger partial charge in [-0.25, -0.2) is 0 Å². The van der Waals surface area contributed by atoms with Crippen molar-refractivity contribution >= 4 is 5.97 Å². The van der Waals surface area contributed by atoms with Crippen LogP contribution in [0.4, 0.5) is 0 Å². The van der Waals surface area contributed by atoms with Crippen LogP contribution in [0.5, 0.6) is 0 Å². The molecule has 0 radical (unpaired) electrons. The fourth-order valence-corrected chi connectivity index (χ4v) is 0.203. The van der Waals surface area contributed by atoms with Gasteiger partial charge in [0.05, 0.1) is 0 Å². The third-order valence-corrected chi connectivity index (χ3v) is 0.423. The van der Waals surface area contributed by atoms with Crippen molar-refractivity contribution in [2.45, 2.75) is 6.92 Å². The van der Waals surface area contributed by atoms with Crippen molar-refractivity contribution in [3.8, 4) is 0 Å². The zero-order valence-electron chi connectivity index (χ0n) is 5.02. The van der Waals surface area contributed by atoms with Crippen LogP contribution in [0, 0.1) is 0 Å². The molecule has 0 saturated carbocycles. The molecule has 0 aliphatic carbocycles. The first-order valence-electron chi connectivity index (χ1n) is 2.11. The minimum atomic E-state index is -0.273. The van der Waals surface area contributed by atoms with Crippen molar-refractivity contribution in [3.05, 3.63) is 0 Å². The molecule has 8 heavy (non-hydrogen) atoms. The number of hydrogen-bond acceptors (Lipinski definition) is 3. The Balaban J connectivity index is 0. The van der Waals surface area contributed by atoms with E-state index in [1.54, 1.807) is 0 Å². The number of esters is 1. The van der Waals surface area contributed by atoms with Crippen molar-refractivity contribution < 1.29 is 29.0 Å². The number of ether oxygens (including phenoxy) is 1. The van der Waals surface area contributed by atoms with Crippen LogP contribution in [0.2, 0.25) is 0 Å². The number of nitrogens with two attached hydrogens (primary N) is 1. The summed E-state index contributed by atoms with van der Waals surface area (Å²) >= 11 is 0. The summed E-state index contributed by atoms with van der Waals surface area (Å²) in [5, 5.41) is 0. The predicted molar refractivity (Wildman–Crippen MR) is 25.7 cm³/mol. The third kappa shape index (κ3) is 9.41. The van der Waals surface area contributed by atoms with Gasteiger partial charge in [-0.05, 0) is 0 Å². The Morgan fingerprint density at radius 3 is 2.38 bits per heavy atom. The standard InChI is InChI=1S/C4H9NO2.Zn/c1-4(6)7-3-2-5;/h2-3,5H2,1H3;. The molecule has 0 unspecified atom stereocenters. The minimum absolute atomic E-state index is 0. The molecule has 44 valence electrons. The molecular formula is C4H9NO2Zn. The number of rotatable bonds is 2. The van der Waals surface area contributed by atoms with E-state index in [0.29, 0.717) is 13.2 Å². The number of carbonyl (C=O) groups excluding carboxylic acids is 1. The topological polar surface area (TPSA) is 52.3 Å². The van der Waals surface area contributed by atoms with Gasteiger partial charge in [0.1, 0.15) is 6.61 Å². The summed E-state index contributed by atoms with van der Waals surface area (Å²) in [6.07, 6.45) is 0. The van der Waals surface area contributed by atoms with E-state index in [0.717, 1.165) is 0 Å². The normalized spacial score (nSPS) is 7.25. The molecule has 3 nitrogen and oxygen atoms in total. The monoisotopic (exact) mass is 167 g/mol. The summed E-state index contributed by atoms with van der Waals surface area (Å²) in [7, 11) is 0. The van der Waals surface area contributed by atoms with Crippen LogP contribution in [-0.2, 0) is 29.0 Å². The van der Waals surface area contributed by atoms with Gasteiger partial charge in [-0.1, -0.05) is 0 Å². The van der Waals surface area contributed by atoms with Gasteiger partial charge in [0.15, 0.2) is 0 Å². The zero-order valence-corrected chi connectivity index (χ0v) is 7.98. The molecular weight excluding hydrogens is 159 g/mol. The minimum Gasteiger partial charge on any atom is -0.465 e. The molecule has 0 bridgehead atoms. The van der Waals surface area contributed by atoms with Gasteiger partial charge in [0.2, 0.25) is 0 Å². The second-order valence-corrected chi connectivity index (χ2v) is 1.13. The molecule has 0 aromatic rings. The van der Waals surface area contributed by atoms with Crippen LogP contribution in [0.25, 0.3) is 0 Å². The molecule has 0 fully saturated rings. The first-order valence-corrected chi connectivity index (χ1v) is 2.11. The molecule has 0 atom stereocenters. The summed E-state index contributed by atoms with van der Waals surface area (Å²) in [6.45, 7) is 2.09. The Kier molecular flexibility index (Phi) is 9.64. The van der Waals surface area contributed by atoms with Crippen LogP contribution >= 0.6 is 0 Å². The van der Waals surface area contributed by atoms with E-state index in [-0.39, 0.29) is 25.4 Å². The van der Waals surface area contributed by atoms with Crippen LogP contribution in [-0.4, -0.2) is 19.1 Å². The van der Waals surface area contributed by atoms with Gasteiger partial charge in [0.25, 0.3) is 0 Å². The molecule has 0 saturated heterocycles. The molecule has 0 aromatic heterocycles. The van der Waals surface area contributed by atoms with Crippen molar-refractivity contribution in [1.82, 2.24) is 0 Å². The fraction of sp³-hybridized carbons (Fsp3) is 0.750. The van der Waals surface area contributed by atoms with Gasteiger partial charge in [-0.3, -0.25) is 4.79 Å². The first kappa shape index (κ1) is 10.9. The maximum absolute atomic E-state index is 9.92. The molecule has 0 aliphatic heterocycles. The molecule has 2 N–H and O–H groups in total. The maximum Gasteiger partial charge on any atom is 0.302 e. The van der Waals surface area contributed by atoms with Crippen molar-refractivity contribution in [2.24, 2.45) is 5.73 Å². The fourth-order valence-electron chi connectivity index (χ4n) is 0.203. The zero-order chi connectivity index (χ0) is 5.70. The second-order valence-electron chi connectivity index (χ2n) is 1.13. The van der Waals surface area contributed by atoms with Gasteiger partial charge in [-0.15, -0.1) is 0 Å². The summed E-state index contributed by atoms with van der Waals surface area (Å²) in [5.41, 5.74) is 5.00. The Hall–Kier alpha value is 0.0534. The molecule has 0 amide bonds. The summed E-state index contributed by atoms with van der Waals surface area (Å²) in [6, 6.07) is 0. The molecule has 4 heteroatoms. The van der Waals surface area contributed by atoms with E-state index in [2.05, 4.69) is 4.74 Å². The van der Waals surface area contributed by atoms with E-state index < -0.39 is 0 Å². The van der Waals surface area contributed by atoms with E-state index in [4.69, 9.17) is 5.73 Å². The SMILES string of the molecule is CC(=O)OCCN.[Zn]. The molecule has 0 aromatic carbocycles. The molecule has 0 rings (SSSR count). The average Bonchev–Trinajstić information content (AvgIpc) is 1.61. The second kappa shape index (κ2) is 7.05. The van der Waals surface area contributed by atoms with Crippen molar-refractivity contribution in [2.75, 3.05) is 13.2 Å². The van der Waals surface area contributed by atoms with E-state index >= 15 is 0 Å². The molecule has 0 aliphatic rings. The van der Waals surface area contributed by atoms with Crippen LogP contribution in [0.1, 0.15) is 6.92 Å². The van der Waals surface area contributed by atoms with Gasteiger partial charge in [0, 0.05) is 32.9 Å². The Morgan fingerprint density at radius 2 is 2.25 bits per heavy atom. The van der Waals surface area contributed by atoms with Gasteiger partial charge in [-0.2, -0.15) is 0 Å². The third-order valence-electron chi connectivity index (χ3n) is 0.423. The van der Waals surface area contributed by atoms with E-state index in [9.17, 15) is 4.79 Å². The van der Waals surface area contributed by atoms with E-state index in [1.165, 1.54) is 6.92 Å². The smallest absolute Gasteiger partial charge is 0.302 e. The number of hydrogen-bond donors (Lipinski definition) is 1. The van der Waals surface area contributed by atoms with E-state index in [1.807, 2.05) is 0 Å². The Bertz CT molecular complexity index is 67.1. The maximum atomic E-state index is 9.92. The van der Waals surface area contributed by atoms with Gasteiger partial charge >= 0.3 is 5.97 Å². The first-order chi connectivity index (χ1) is 3.27. The quantitative estimate of drug-likeness (QED) is 0.447. The van der Waals surface area contributed by atoms with Crippen LogP contribution in [0.15, 0.2) is 0 Å². The largest absolute Gasteiger partial charge is 0.465 e. The average molecular weight is 169 g/mol. The van der Waals surface area contributed by atoms with Gasteiger partial charge < -0.3 is 10.5 Å². The Morgan fingerprint density at radius 1 is 1.75 bits per heavy atom. The summed E-state index contributed by atoms with van der Waals surface area (Å²) in [5.74, 6) is -0.273. The predicted octanol–water partition coefficient (Wildman–Crippen LogP) is -0.494. The Labute approximate surface area is 61.3 Å². The number of carbonyl (C=O) groups is 1. The molecule has 0 heterocycles. The summed E-state index contributed by atoms with van der Waals surface area (Å²) in [4.78, 5) is 9.92.